The molecule has 0 atom stereocenters. The first kappa shape index (κ1) is 11.6. The fraction of sp³-hybridized carbons (Fsp3) is 0.500. The number of fused-ring (bicyclic) bond motifs is 1. The van der Waals surface area contributed by atoms with Gasteiger partial charge in [-0.15, -0.1) is 0 Å². The van der Waals surface area contributed by atoms with Crippen molar-refractivity contribution < 1.29 is 0 Å². The van der Waals surface area contributed by atoms with Gasteiger partial charge in [0.2, 0.25) is 0 Å². The van der Waals surface area contributed by atoms with Gasteiger partial charge in [0, 0.05) is 6.42 Å². The van der Waals surface area contributed by atoms with Crippen molar-refractivity contribution in [2.45, 2.75) is 25.7 Å². The summed E-state index contributed by atoms with van der Waals surface area (Å²) in [6.45, 7) is 0.688. The normalized spacial score (nSPS) is 11.1. The summed E-state index contributed by atoms with van der Waals surface area (Å²) in [7, 11) is 0. The number of hydrogen-bond acceptors (Lipinski definition) is 4. The van der Waals surface area contributed by atoms with Gasteiger partial charge in [-0.1, -0.05) is 6.42 Å². The molecule has 0 bridgehead atoms. The summed E-state index contributed by atoms with van der Waals surface area (Å²) < 4.78 is 0. The summed E-state index contributed by atoms with van der Waals surface area (Å²) in [4.78, 5) is 34.2. The average Bonchev–Trinajstić information content (AvgIpc) is 2.67. The van der Waals surface area contributed by atoms with Gasteiger partial charge in [0.15, 0.2) is 5.65 Å². The smallest absolute Gasteiger partial charge is 0.327 e. The number of aryl methyl sites for hydroxylation is 1. The molecule has 17 heavy (non-hydrogen) atoms. The fourth-order valence-corrected chi connectivity index (χ4v) is 1.71. The highest BCUT2D eigenvalue weighted by molar-refractivity contribution is 5.68. The van der Waals surface area contributed by atoms with E-state index < -0.39 is 11.2 Å². The Morgan fingerprint density at radius 1 is 1.06 bits per heavy atom. The maximum absolute atomic E-state index is 11.4. The zero-order valence-electron chi connectivity index (χ0n) is 9.38. The van der Waals surface area contributed by atoms with Crippen molar-refractivity contribution >= 4 is 11.2 Å². The standard InChI is InChI=1S/C10H15N5O2/c11-5-3-1-2-4-6-12-7-8(13-6)14-10(17)15-9(7)16/h1-5,11H2,(H3,12,13,14,15,16,17). The molecule has 0 fully saturated rings. The SMILES string of the molecule is NCCCCCc1nc2[nH]c(=O)[nH]c(=O)c2[nH]1. The van der Waals surface area contributed by atoms with E-state index >= 15 is 0 Å². The Morgan fingerprint density at radius 3 is 2.65 bits per heavy atom. The third-order valence-corrected chi connectivity index (χ3v) is 2.56. The quantitative estimate of drug-likeness (QED) is 0.529. The van der Waals surface area contributed by atoms with Crippen LogP contribution in [0.5, 0.6) is 0 Å². The third-order valence-electron chi connectivity index (χ3n) is 2.56. The highest BCUT2D eigenvalue weighted by Crippen LogP contribution is 2.06. The van der Waals surface area contributed by atoms with Crippen LogP contribution in [0.4, 0.5) is 0 Å². The second-order valence-corrected chi connectivity index (χ2v) is 3.91. The van der Waals surface area contributed by atoms with Gasteiger partial charge in [-0.25, -0.2) is 9.78 Å². The van der Waals surface area contributed by atoms with Gasteiger partial charge in [0.1, 0.15) is 11.3 Å². The van der Waals surface area contributed by atoms with Crippen molar-refractivity contribution in [3.63, 3.8) is 0 Å². The third kappa shape index (κ3) is 2.62. The molecule has 2 aromatic rings. The van der Waals surface area contributed by atoms with Gasteiger partial charge in [-0.05, 0) is 19.4 Å². The molecule has 0 amide bonds. The molecule has 0 saturated heterocycles. The molecule has 7 nitrogen and oxygen atoms in total. The Morgan fingerprint density at radius 2 is 1.88 bits per heavy atom. The molecular formula is C10H15N5O2. The van der Waals surface area contributed by atoms with Gasteiger partial charge < -0.3 is 10.7 Å². The van der Waals surface area contributed by atoms with Crippen LogP contribution in [0.2, 0.25) is 0 Å². The number of H-pyrrole nitrogens is 3. The van der Waals surface area contributed by atoms with Gasteiger partial charge in [-0.3, -0.25) is 14.8 Å². The predicted octanol–water partition coefficient (Wildman–Crippen LogP) is -0.389. The maximum Gasteiger partial charge on any atom is 0.327 e. The molecule has 0 aliphatic rings. The Kier molecular flexibility index (Phi) is 3.38. The predicted molar refractivity (Wildman–Crippen MR) is 63.9 cm³/mol. The molecule has 2 aromatic heterocycles. The van der Waals surface area contributed by atoms with Crippen LogP contribution in [-0.4, -0.2) is 26.5 Å². The van der Waals surface area contributed by atoms with Crippen LogP contribution in [0.1, 0.15) is 25.1 Å². The highest BCUT2D eigenvalue weighted by atomic mass is 16.2. The molecule has 5 N–H and O–H groups in total. The monoisotopic (exact) mass is 237 g/mol. The number of aromatic nitrogens is 4. The largest absolute Gasteiger partial charge is 0.336 e. The summed E-state index contributed by atoms with van der Waals surface area (Å²) in [6.07, 6.45) is 3.72. The van der Waals surface area contributed by atoms with Crippen LogP contribution in [0, 0.1) is 0 Å². The number of nitrogens with zero attached hydrogens (tertiary/aromatic N) is 1. The van der Waals surface area contributed by atoms with E-state index in [2.05, 4.69) is 19.9 Å². The van der Waals surface area contributed by atoms with Crippen molar-refractivity contribution in [1.29, 1.82) is 0 Å². The molecule has 0 unspecified atom stereocenters. The molecule has 2 rings (SSSR count). The number of rotatable bonds is 5. The molecule has 0 saturated carbocycles. The van der Waals surface area contributed by atoms with Crippen molar-refractivity contribution in [3.8, 4) is 0 Å². The molecule has 0 aliphatic heterocycles. The molecule has 0 aromatic carbocycles. The number of unbranched alkanes of at least 4 members (excludes halogenated alkanes) is 2. The summed E-state index contributed by atoms with van der Waals surface area (Å²) in [5.41, 5.74) is 5.05. The van der Waals surface area contributed by atoms with Crippen LogP contribution in [0.25, 0.3) is 11.2 Å². The lowest BCUT2D eigenvalue weighted by Crippen LogP contribution is -2.21. The van der Waals surface area contributed by atoms with Crippen molar-refractivity contribution in [3.05, 3.63) is 26.7 Å². The van der Waals surface area contributed by atoms with E-state index in [1.54, 1.807) is 0 Å². The van der Waals surface area contributed by atoms with Crippen LogP contribution in [0.3, 0.4) is 0 Å². The second kappa shape index (κ2) is 4.96. The number of nitrogens with two attached hydrogens (primary N) is 1. The van der Waals surface area contributed by atoms with E-state index in [1.807, 2.05) is 0 Å². The zero-order chi connectivity index (χ0) is 12.3. The average molecular weight is 237 g/mol. The summed E-state index contributed by atoms with van der Waals surface area (Å²) in [5.74, 6) is 0.712. The number of nitrogens with one attached hydrogen (secondary N) is 3. The first-order valence-electron chi connectivity index (χ1n) is 5.62. The van der Waals surface area contributed by atoms with E-state index in [1.165, 1.54) is 0 Å². The lowest BCUT2D eigenvalue weighted by atomic mass is 10.2. The summed E-state index contributed by atoms with van der Waals surface area (Å²) in [6, 6.07) is 0. The number of hydrogen-bond donors (Lipinski definition) is 4. The van der Waals surface area contributed by atoms with Gasteiger partial charge in [0.25, 0.3) is 5.56 Å². The number of aromatic amines is 3. The Labute approximate surface area is 96.5 Å². The molecular weight excluding hydrogens is 222 g/mol. The number of imidazole rings is 1. The lowest BCUT2D eigenvalue weighted by Gasteiger charge is -1.95. The molecule has 92 valence electrons. The highest BCUT2D eigenvalue weighted by Gasteiger charge is 2.06. The van der Waals surface area contributed by atoms with E-state index in [4.69, 9.17) is 5.73 Å². The molecule has 7 heteroatoms. The van der Waals surface area contributed by atoms with Crippen LogP contribution in [0.15, 0.2) is 9.59 Å². The first-order valence-corrected chi connectivity index (χ1v) is 5.62. The Bertz CT molecular complexity index is 609. The Balaban J connectivity index is 2.18. The van der Waals surface area contributed by atoms with E-state index in [-0.39, 0.29) is 0 Å². The minimum Gasteiger partial charge on any atom is -0.336 e. The lowest BCUT2D eigenvalue weighted by molar-refractivity contribution is 0.673. The zero-order valence-corrected chi connectivity index (χ0v) is 9.38. The minimum absolute atomic E-state index is 0.313. The van der Waals surface area contributed by atoms with E-state index in [0.29, 0.717) is 23.5 Å². The van der Waals surface area contributed by atoms with E-state index in [9.17, 15) is 9.59 Å². The maximum atomic E-state index is 11.4. The molecule has 0 spiro atoms. The van der Waals surface area contributed by atoms with Crippen molar-refractivity contribution in [2.75, 3.05) is 6.54 Å². The minimum atomic E-state index is -0.538. The first-order chi connectivity index (χ1) is 8.20. The van der Waals surface area contributed by atoms with Crippen molar-refractivity contribution in [1.82, 2.24) is 19.9 Å². The Hall–Kier alpha value is -1.89. The summed E-state index contributed by atoms with van der Waals surface area (Å²) in [5, 5.41) is 0. The fourth-order valence-electron chi connectivity index (χ4n) is 1.71. The molecule has 2 heterocycles. The topological polar surface area (TPSA) is 120 Å². The van der Waals surface area contributed by atoms with Gasteiger partial charge in [0.05, 0.1) is 0 Å². The van der Waals surface area contributed by atoms with Crippen LogP contribution >= 0.6 is 0 Å². The van der Waals surface area contributed by atoms with Gasteiger partial charge in [-0.2, -0.15) is 0 Å². The molecule has 0 aliphatic carbocycles. The van der Waals surface area contributed by atoms with E-state index in [0.717, 1.165) is 25.7 Å². The summed E-state index contributed by atoms with van der Waals surface area (Å²) >= 11 is 0. The van der Waals surface area contributed by atoms with Crippen LogP contribution < -0.4 is 17.0 Å². The molecule has 0 radical (unpaired) electrons. The van der Waals surface area contributed by atoms with Gasteiger partial charge >= 0.3 is 5.69 Å². The second-order valence-electron chi connectivity index (χ2n) is 3.91. The van der Waals surface area contributed by atoms with Crippen LogP contribution in [-0.2, 0) is 6.42 Å². The van der Waals surface area contributed by atoms with Crippen molar-refractivity contribution in [2.24, 2.45) is 5.73 Å².